The number of carbonyl (C=O) groups is 2. The smallest absolute Gasteiger partial charge is 0.321 e. The van der Waals surface area contributed by atoms with Crippen LogP contribution in [0.25, 0.3) is 0 Å². The van der Waals surface area contributed by atoms with Gasteiger partial charge >= 0.3 is 6.03 Å². The summed E-state index contributed by atoms with van der Waals surface area (Å²) in [5.41, 5.74) is 4.99. The van der Waals surface area contributed by atoms with Gasteiger partial charge < -0.3 is 5.73 Å². The lowest BCUT2D eigenvalue weighted by Crippen LogP contribution is -2.40. The van der Waals surface area contributed by atoms with Gasteiger partial charge in [0.1, 0.15) is 0 Å². The van der Waals surface area contributed by atoms with Crippen molar-refractivity contribution in [1.29, 1.82) is 0 Å². The minimum Gasteiger partial charge on any atom is -0.351 e. The zero-order valence-corrected chi connectivity index (χ0v) is 6.38. The number of rotatable bonds is 0. The zero-order valence-electron chi connectivity index (χ0n) is 6.38. The fraction of sp³-hybridized carbons (Fsp3) is 0.714. The van der Waals surface area contributed by atoms with Crippen molar-refractivity contribution in [3.05, 3.63) is 0 Å². The minimum absolute atomic E-state index is 0.130. The van der Waals surface area contributed by atoms with E-state index in [9.17, 15) is 9.59 Å². The number of hydrogen-bond donors (Lipinski definition) is 1. The topological polar surface area (TPSA) is 63.4 Å². The van der Waals surface area contributed by atoms with Gasteiger partial charge in [-0.2, -0.15) is 0 Å². The van der Waals surface area contributed by atoms with Crippen LogP contribution in [0, 0.1) is 0 Å². The number of imide groups is 1. The molecule has 1 aliphatic rings. The zero-order chi connectivity index (χ0) is 8.27. The monoisotopic (exact) mass is 156 g/mol. The van der Waals surface area contributed by atoms with E-state index in [4.69, 9.17) is 5.73 Å². The maximum Gasteiger partial charge on any atom is 0.321 e. The lowest BCUT2D eigenvalue weighted by atomic mass is 10.2. The van der Waals surface area contributed by atoms with E-state index >= 15 is 0 Å². The van der Waals surface area contributed by atoms with E-state index in [1.807, 2.05) is 0 Å². The van der Waals surface area contributed by atoms with Gasteiger partial charge in [-0.25, -0.2) is 4.79 Å². The standard InChI is InChI=1S/C7H12N2O2/c8-7(11)9-5-3-1-2-4-6(9)10/h1-5H2,(H2,8,11). The summed E-state index contributed by atoms with van der Waals surface area (Å²) < 4.78 is 0. The van der Waals surface area contributed by atoms with Crippen molar-refractivity contribution in [3.8, 4) is 0 Å². The average molecular weight is 156 g/mol. The van der Waals surface area contributed by atoms with E-state index in [0.29, 0.717) is 13.0 Å². The summed E-state index contributed by atoms with van der Waals surface area (Å²) in [6.45, 7) is 0.494. The number of hydrogen-bond acceptors (Lipinski definition) is 2. The van der Waals surface area contributed by atoms with Crippen molar-refractivity contribution < 1.29 is 9.59 Å². The highest BCUT2D eigenvalue weighted by molar-refractivity contribution is 5.93. The van der Waals surface area contributed by atoms with Crippen LogP contribution in [-0.2, 0) is 4.79 Å². The molecule has 4 heteroatoms. The Kier molecular flexibility index (Phi) is 2.46. The second-order valence-corrected chi connectivity index (χ2v) is 2.69. The van der Waals surface area contributed by atoms with E-state index < -0.39 is 6.03 Å². The molecule has 1 aliphatic heterocycles. The van der Waals surface area contributed by atoms with E-state index in [2.05, 4.69) is 0 Å². The number of carbonyl (C=O) groups excluding carboxylic acids is 2. The maximum atomic E-state index is 11.1. The lowest BCUT2D eigenvalue weighted by molar-refractivity contribution is -0.127. The van der Waals surface area contributed by atoms with Gasteiger partial charge in [0, 0.05) is 13.0 Å². The fourth-order valence-corrected chi connectivity index (χ4v) is 1.22. The summed E-state index contributed by atoms with van der Waals surface area (Å²) in [5, 5.41) is 0. The maximum absolute atomic E-state index is 11.1. The average Bonchev–Trinajstić information content (AvgIpc) is 2.13. The predicted molar refractivity (Wildman–Crippen MR) is 39.8 cm³/mol. The van der Waals surface area contributed by atoms with Gasteiger partial charge in [-0.15, -0.1) is 0 Å². The van der Waals surface area contributed by atoms with E-state index in [1.54, 1.807) is 0 Å². The normalized spacial score (nSPS) is 19.6. The fourth-order valence-electron chi connectivity index (χ4n) is 1.22. The molecule has 0 aromatic rings. The van der Waals surface area contributed by atoms with Crippen molar-refractivity contribution in [3.63, 3.8) is 0 Å². The molecule has 1 heterocycles. The van der Waals surface area contributed by atoms with Gasteiger partial charge in [0.25, 0.3) is 0 Å². The molecule has 0 aromatic heterocycles. The first-order valence-corrected chi connectivity index (χ1v) is 3.81. The molecular weight excluding hydrogens is 144 g/mol. The molecule has 0 spiro atoms. The molecule has 0 aliphatic carbocycles. The van der Waals surface area contributed by atoms with Crippen LogP contribution in [0.15, 0.2) is 0 Å². The predicted octanol–water partition coefficient (Wildman–Crippen LogP) is 0.468. The Hall–Kier alpha value is -1.06. The lowest BCUT2D eigenvalue weighted by Gasteiger charge is -2.14. The molecule has 1 fully saturated rings. The summed E-state index contributed by atoms with van der Waals surface area (Å²) in [6, 6.07) is -0.614. The summed E-state index contributed by atoms with van der Waals surface area (Å²) in [7, 11) is 0. The molecule has 0 radical (unpaired) electrons. The molecule has 3 amide bonds. The second-order valence-electron chi connectivity index (χ2n) is 2.69. The Labute approximate surface area is 65.3 Å². The SMILES string of the molecule is NC(=O)N1CCCCCC1=O. The van der Waals surface area contributed by atoms with Crippen molar-refractivity contribution >= 4 is 11.9 Å². The number of urea groups is 1. The molecular formula is C7H12N2O2. The van der Waals surface area contributed by atoms with Crippen LogP contribution in [0.5, 0.6) is 0 Å². The third kappa shape index (κ3) is 1.93. The Balaban J connectivity index is 2.59. The highest BCUT2D eigenvalue weighted by atomic mass is 16.2. The van der Waals surface area contributed by atoms with Gasteiger partial charge in [-0.3, -0.25) is 9.69 Å². The van der Waals surface area contributed by atoms with Crippen LogP contribution >= 0.6 is 0 Å². The molecule has 0 aromatic carbocycles. The van der Waals surface area contributed by atoms with Crippen LogP contribution in [0.1, 0.15) is 25.7 Å². The first-order valence-electron chi connectivity index (χ1n) is 3.81. The number of nitrogens with two attached hydrogens (primary N) is 1. The summed E-state index contributed by atoms with van der Waals surface area (Å²) in [6.07, 6.45) is 3.23. The molecule has 62 valence electrons. The van der Waals surface area contributed by atoms with Crippen LogP contribution < -0.4 is 5.73 Å². The first kappa shape index (κ1) is 8.04. The molecule has 11 heavy (non-hydrogen) atoms. The van der Waals surface area contributed by atoms with E-state index in [1.165, 1.54) is 0 Å². The van der Waals surface area contributed by atoms with Crippen LogP contribution in [0.2, 0.25) is 0 Å². The van der Waals surface area contributed by atoms with Crippen molar-refractivity contribution in [2.45, 2.75) is 25.7 Å². The van der Waals surface area contributed by atoms with E-state index in [-0.39, 0.29) is 5.91 Å². The molecule has 0 atom stereocenters. The summed E-state index contributed by atoms with van der Waals surface area (Å²) in [4.78, 5) is 22.9. The number of amides is 3. The highest BCUT2D eigenvalue weighted by Gasteiger charge is 2.19. The summed E-state index contributed by atoms with van der Waals surface area (Å²) in [5.74, 6) is -0.130. The Bertz CT molecular complexity index is 179. The van der Waals surface area contributed by atoms with Gasteiger partial charge in [0.15, 0.2) is 0 Å². The highest BCUT2D eigenvalue weighted by Crippen LogP contribution is 2.10. The van der Waals surface area contributed by atoms with Gasteiger partial charge in [-0.05, 0) is 12.8 Å². The van der Waals surface area contributed by atoms with Crippen LogP contribution in [0.3, 0.4) is 0 Å². The van der Waals surface area contributed by atoms with Crippen molar-refractivity contribution in [2.75, 3.05) is 6.54 Å². The molecule has 2 N–H and O–H groups in total. The minimum atomic E-state index is -0.614. The third-order valence-electron chi connectivity index (χ3n) is 1.84. The number of likely N-dealkylation sites (tertiary alicyclic amines) is 1. The molecule has 1 rings (SSSR count). The van der Waals surface area contributed by atoms with Gasteiger partial charge in [-0.1, -0.05) is 6.42 Å². The molecule has 1 saturated heterocycles. The molecule has 0 unspecified atom stereocenters. The molecule has 0 saturated carbocycles. The Morgan fingerprint density at radius 1 is 1.36 bits per heavy atom. The number of nitrogens with zero attached hydrogens (tertiary/aromatic N) is 1. The molecule has 0 bridgehead atoms. The van der Waals surface area contributed by atoms with Gasteiger partial charge in [0.2, 0.25) is 5.91 Å². The Morgan fingerprint density at radius 3 is 2.73 bits per heavy atom. The second kappa shape index (κ2) is 3.37. The largest absolute Gasteiger partial charge is 0.351 e. The van der Waals surface area contributed by atoms with Gasteiger partial charge in [0.05, 0.1) is 0 Å². The number of primary amides is 1. The first-order chi connectivity index (χ1) is 5.22. The quantitative estimate of drug-likeness (QED) is 0.554. The Morgan fingerprint density at radius 2 is 2.09 bits per heavy atom. The van der Waals surface area contributed by atoms with Crippen molar-refractivity contribution in [1.82, 2.24) is 4.90 Å². The molecule has 4 nitrogen and oxygen atoms in total. The van der Waals surface area contributed by atoms with Crippen molar-refractivity contribution in [2.24, 2.45) is 5.73 Å². The van der Waals surface area contributed by atoms with E-state index in [0.717, 1.165) is 24.2 Å². The van der Waals surface area contributed by atoms with Crippen LogP contribution in [0.4, 0.5) is 4.79 Å². The third-order valence-corrected chi connectivity index (χ3v) is 1.84. The van der Waals surface area contributed by atoms with Crippen LogP contribution in [-0.4, -0.2) is 23.4 Å². The summed E-state index contributed by atoms with van der Waals surface area (Å²) >= 11 is 0.